The molecule has 0 bridgehead atoms. The highest BCUT2D eigenvalue weighted by molar-refractivity contribution is 6.00. The predicted octanol–water partition coefficient (Wildman–Crippen LogP) is 1.23. The molecule has 0 spiro atoms. The largest absolute Gasteiger partial charge is 0.341 e. The molecule has 26 heavy (non-hydrogen) atoms. The van der Waals surface area contributed by atoms with Gasteiger partial charge >= 0.3 is 0 Å². The Kier molecular flexibility index (Phi) is 4.24. The summed E-state index contributed by atoms with van der Waals surface area (Å²) >= 11 is 0. The second-order valence-electron chi connectivity index (χ2n) is 7.03. The number of carbonyl (C=O) groups excluding carboxylic acids is 2. The summed E-state index contributed by atoms with van der Waals surface area (Å²) in [5.41, 5.74) is 1.66. The first-order valence-electron chi connectivity index (χ1n) is 9.01. The molecule has 0 unspecified atom stereocenters. The lowest BCUT2D eigenvalue weighted by molar-refractivity contribution is -0.126. The zero-order valence-electron chi connectivity index (χ0n) is 14.9. The Bertz CT molecular complexity index is 824. The second kappa shape index (κ2) is 6.57. The van der Waals surface area contributed by atoms with Gasteiger partial charge in [-0.25, -0.2) is 0 Å². The van der Waals surface area contributed by atoms with Crippen LogP contribution in [-0.2, 0) is 16.8 Å². The zero-order valence-corrected chi connectivity index (χ0v) is 14.9. The Morgan fingerprint density at radius 2 is 2.12 bits per heavy atom. The van der Waals surface area contributed by atoms with E-state index in [1.54, 1.807) is 28.9 Å². The number of nitrogens with one attached hydrogen (secondary N) is 2. The predicted molar refractivity (Wildman–Crippen MR) is 98.0 cm³/mol. The molecule has 136 valence electrons. The molecule has 1 aromatic carbocycles. The average Bonchev–Trinajstić information content (AvgIpc) is 3.21. The van der Waals surface area contributed by atoms with E-state index in [1.807, 2.05) is 24.4 Å². The molecule has 1 fully saturated rings. The van der Waals surface area contributed by atoms with Crippen molar-refractivity contribution in [2.75, 3.05) is 32.0 Å². The third-order valence-electron chi connectivity index (χ3n) is 5.46. The summed E-state index contributed by atoms with van der Waals surface area (Å²) in [6, 6.07) is 7.46. The fraction of sp³-hybridized carbons (Fsp3) is 0.421. The smallest absolute Gasteiger partial charge is 0.253 e. The van der Waals surface area contributed by atoms with E-state index < -0.39 is 5.54 Å². The van der Waals surface area contributed by atoms with Gasteiger partial charge in [-0.1, -0.05) is 6.07 Å². The van der Waals surface area contributed by atoms with Gasteiger partial charge in [0.1, 0.15) is 5.54 Å². The molecule has 2 aliphatic heterocycles. The number of benzene rings is 1. The Balaban J connectivity index is 1.62. The molecule has 2 aliphatic rings. The molecule has 0 saturated carbocycles. The molecule has 0 radical (unpaired) electrons. The number of anilines is 1. The number of hydrogen-bond donors (Lipinski definition) is 2. The summed E-state index contributed by atoms with van der Waals surface area (Å²) in [5.74, 6) is -0.0785. The topological polar surface area (TPSA) is 79.3 Å². The van der Waals surface area contributed by atoms with Gasteiger partial charge in [0.2, 0.25) is 0 Å². The summed E-state index contributed by atoms with van der Waals surface area (Å²) in [7, 11) is 1.80. The Labute approximate surface area is 152 Å². The Morgan fingerprint density at radius 3 is 2.85 bits per heavy atom. The quantitative estimate of drug-likeness (QED) is 0.870. The zero-order chi connectivity index (χ0) is 18.1. The molecule has 2 aromatic rings. The highest BCUT2D eigenvalue weighted by Gasteiger charge is 2.42. The van der Waals surface area contributed by atoms with Gasteiger partial charge in [0.15, 0.2) is 0 Å². The van der Waals surface area contributed by atoms with Crippen LogP contribution < -0.4 is 10.6 Å². The third kappa shape index (κ3) is 2.78. The standard InChI is InChI=1S/C19H23N5O2/c1-23-12-5-14-3-4-15(13-16(14)17(23)25)22-18(26)19(6-9-20-10-7-19)24-11-2-8-21-24/h2-4,8,11,13,20H,5-7,9-10,12H2,1H3,(H,22,26). The highest BCUT2D eigenvalue weighted by atomic mass is 16.2. The van der Waals surface area contributed by atoms with Gasteiger partial charge in [-0.3, -0.25) is 14.3 Å². The van der Waals surface area contributed by atoms with Crippen molar-refractivity contribution >= 4 is 17.5 Å². The normalized spacial score (nSPS) is 19.1. The fourth-order valence-corrected chi connectivity index (χ4v) is 3.84. The number of likely N-dealkylation sites (N-methyl/N-ethyl adjacent to an activating group) is 1. The van der Waals surface area contributed by atoms with Gasteiger partial charge in [-0.2, -0.15) is 5.10 Å². The maximum Gasteiger partial charge on any atom is 0.253 e. The van der Waals surface area contributed by atoms with Gasteiger partial charge in [0.25, 0.3) is 11.8 Å². The molecule has 1 aromatic heterocycles. The lowest BCUT2D eigenvalue weighted by Gasteiger charge is -2.36. The number of rotatable bonds is 3. The number of nitrogens with zero attached hydrogens (tertiary/aromatic N) is 3. The number of carbonyl (C=O) groups is 2. The molecule has 7 nitrogen and oxygen atoms in total. The van der Waals surface area contributed by atoms with Crippen molar-refractivity contribution in [3.05, 3.63) is 47.8 Å². The molecule has 2 N–H and O–H groups in total. The van der Waals surface area contributed by atoms with Crippen molar-refractivity contribution in [1.29, 1.82) is 0 Å². The third-order valence-corrected chi connectivity index (χ3v) is 5.46. The summed E-state index contributed by atoms with van der Waals surface area (Å²) in [6.07, 6.45) is 5.73. The van der Waals surface area contributed by atoms with Crippen molar-refractivity contribution in [2.45, 2.75) is 24.8 Å². The molecule has 0 aliphatic carbocycles. The number of amides is 2. The van der Waals surface area contributed by atoms with Gasteiger partial charge in [0.05, 0.1) is 0 Å². The van der Waals surface area contributed by atoms with E-state index >= 15 is 0 Å². The van der Waals surface area contributed by atoms with Crippen LogP contribution in [0.4, 0.5) is 5.69 Å². The summed E-state index contributed by atoms with van der Waals surface area (Å²) in [5, 5.41) is 10.7. The Hall–Kier alpha value is -2.67. The van der Waals surface area contributed by atoms with Gasteiger partial charge in [-0.05, 0) is 56.1 Å². The minimum Gasteiger partial charge on any atom is -0.341 e. The lowest BCUT2D eigenvalue weighted by Crippen LogP contribution is -2.52. The maximum atomic E-state index is 13.2. The van der Waals surface area contributed by atoms with Crippen LogP contribution in [0.25, 0.3) is 0 Å². The first-order chi connectivity index (χ1) is 12.6. The molecule has 4 rings (SSSR count). The van der Waals surface area contributed by atoms with Crippen molar-refractivity contribution in [3.8, 4) is 0 Å². The van der Waals surface area contributed by atoms with Crippen molar-refractivity contribution in [1.82, 2.24) is 20.0 Å². The SMILES string of the molecule is CN1CCc2ccc(NC(=O)C3(n4cccn4)CCNCC3)cc2C1=O. The minimum absolute atomic E-state index is 0.00556. The van der Waals surface area contributed by atoms with E-state index in [0.29, 0.717) is 24.1 Å². The molecule has 1 saturated heterocycles. The van der Waals surface area contributed by atoms with Crippen molar-refractivity contribution in [2.24, 2.45) is 0 Å². The summed E-state index contributed by atoms with van der Waals surface area (Å²) in [6.45, 7) is 2.26. The van der Waals surface area contributed by atoms with Crippen LogP contribution in [0.15, 0.2) is 36.7 Å². The molecule has 7 heteroatoms. The fourth-order valence-electron chi connectivity index (χ4n) is 3.84. The Morgan fingerprint density at radius 1 is 1.31 bits per heavy atom. The average molecular weight is 353 g/mol. The van der Waals surface area contributed by atoms with Crippen LogP contribution in [0.2, 0.25) is 0 Å². The van der Waals surface area contributed by atoms with Crippen molar-refractivity contribution in [3.63, 3.8) is 0 Å². The van der Waals surface area contributed by atoms with E-state index in [-0.39, 0.29) is 11.8 Å². The van der Waals surface area contributed by atoms with Crippen LogP contribution in [0.1, 0.15) is 28.8 Å². The first kappa shape index (κ1) is 16.8. The van der Waals surface area contributed by atoms with E-state index in [2.05, 4.69) is 15.7 Å². The lowest BCUT2D eigenvalue weighted by atomic mass is 9.87. The minimum atomic E-state index is -0.703. The first-order valence-corrected chi connectivity index (χ1v) is 9.01. The van der Waals surface area contributed by atoms with E-state index in [1.165, 1.54) is 0 Å². The molecule has 0 atom stereocenters. The number of hydrogen-bond acceptors (Lipinski definition) is 4. The number of fused-ring (bicyclic) bond motifs is 1. The van der Waals surface area contributed by atoms with Crippen LogP contribution in [0.5, 0.6) is 0 Å². The monoisotopic (exact) mass is 353 g/mol. The molecular formula is C19H23N5O2. The van der Waals surface area contributed by atoms with Crippen LogP contribution in [-0.4, -0.2) is 53.2 Å². The van der Waals surface area contributed by atoms with Crippen LogP contribution in [0, 0.1) is 0 Å². The highest BCUT2D eigenvalue weighted by Crippen LogP contribution is 2.29. The van der Waals surface area contributed by atoms with Gasteiger partial charge in [-0.15, -0.1) is 0 Å². The summed E-state index contributed by atoms with van der Waals surface area (Å²) in [4.78, 5) is 27.3. The van der Waals surface area contributed by atoms with Gasteiger partial charge in [0, 0.05) is 37.2 Å². The second-order valence-corrected chi connectivity index (χ2v) is 7.03. The van der Waals surface area contributed by atoms with Crippen LogP contribution in [0.3, 0.4) is 0 Å². The van der Waals surface area contributed by atoms with E-state index in [0.717, 1.165) is 31.6 Å². The maximum absolute atomic E-state index is 13.2. The van der Waals surface area contributed by atoms with E-state index in [9.17, 15) is 9.59 Å². The molecule has 3 heterocycles. The van der Waals surface area contributed by atoms with E-state index in [4.69, 9.17) is 0 Å². The molecule has 2 amide bonds. The van der Waals surface area contributed by atoms with Crippen molar-refractivity contribution < 1.29 is 9.59 Å². The number of piperidine rings is 1. The van der Waals surface area contributed by atoms with Gasteiger partial charge < -0.3 is 15.5 Å². The summed E-state index contributed by atoms with van der Waals surface area (Å²) < 4.78 is 1.76. The van der Waals surface area contributed by atoms with Crippen LogP contribution >= 0.6 is 0 Å². The number of aromatic nitrogens is 2. The molecular weight excluding hydrogens is 330 g/mol.